The number of nitrogens with zero attached hydrogens (tertiary/aromatic N) is 1. The molecule has 0 unspecified atom stereocenters. The number of hydrogen-bond acceptors (Lipinski definition) is 6. The monoisotopic (exact) mass is 471 g/mol. The molecule has 0 aliphatic heterocycles. The minimum Gasteiger partial charge on any atom is -0.478 e. The standard InChI is InChI=1S/C26H21N3O6/c1-29(24(30)15-2-4-16(5-3-15)25(31)32)14-21-10-11-22(34-21)26(33)35-20-9-8-17-12-19(23(27)28)7-6-18(17)13-20/h2-13H,14H2,1H3,(H3,27,28)(H,31,32). The molecule has 0 saturated heterocycles. The number of nitrogen functional groups attached to an aromatic ring is 1. The molecule has 0 saturated carbocycles. The van der Waals surface area contributed by atoms with Gasteiger partial charge in [0.1, 0.15) is 17.3 Å². The second kappa shape index (κ2) is 9.52. The van der Waals surface area contributed by atoms with Gasteiger partial charge in [-0.15, -0.1) is 0 Å². The van der Waals surface area contributed by atoms with Crippen LogP contribution in [0.2, 0.25) is 0 Å². The van der Waals surface area contributed by atoms with Crippen LogP contribution in [0.5, 0.6) is 5.75 Å². The zero-order valence-electron chi connectivity index (χ0n) is 18.6. The van der Waals surface area contributed by atoms with Crippen molar-refractivity contribution in [2.24, 2.45) is 5.73 Å². The minimum atomic E-state index is -1.07. The molecule has 176 valence electrons. The molecule has 0 bridgehead atoms. The number of furan rings is 1. The van der Waals surface area contributed by atoms with Crippen molar-refractivity contribution in [1.29, 1.82) is 5.41 Å². The van der Waals surface area contributed by atoms with Crippen molar-refractivity contribution >= 4 is 34.5 Å². The van der Waals surface area contributed by atoms with E-state index < -0.39 is 11.9 Å². The fourth-order valence-electron chi connectivity index (χ4n) is 3.47. The van der Waals surface area contributed by atoms with Crippen LogP contribution in [-0.2, 0) is 6.54 Å². The third kappa shape index (κ3) is 5.19. The zero-order valence-corrected chi connectivity index (χ0v) is 18.6. The van der Waals surface area contributed by atoms with E-state index in [9.17, 15) is 14.4 Å². The quantitative estimate of drug-likeness (QED) is 0.160. The number of carboxylic acids is 1. The summed E-state index contributed by atoms with van der Waals surface area (Å²) in [7, 11) is 1.57. The van der Waals surface area contributed by atoms with Gasteiger partial charge in [-0.05, 0) is 65.4 Å². The second-order valence-electron chi connectivity index (χ2n) is 7.84. The molecule has 0 aliphatic carbocycles. The molecule has 0 spiro atoms. The Labute approximate surface area is 199 Å². The fraction of sp³-hybridized carbons (Fsp3) is 0.0769. The third-order valence-corrected chi connectivity index (χ3v) is 5.31. The first kappa shape index (κ1) is 23.2. The maximum absolute atomic E-state index is 12.6. The lowest BCUT2D eigenvalue weighted by Gasteiger charge is -2.15. The average Bonchev–Trinajstić information content (AvgIpc) is 3.31. The smallest absolute Gasteiger partial charge is 0.379 e. The average molecular weight is 471 g/mol. The molecular weight excluding hydrogens is 450 g/mol. The first-order valence-corrected chi connectivity index (χ1v) is 10.5. The van der Waals surface area contributed by atoms with Gasteiger partial charge in [-0.3, -0.25) is 10.2 Å². The number of carbonyl (C=O) groups excluding carboxylic acids is 2. The Morgan fingerprint density at radius 3 is 2.23 bits per heavy atom. The van der Waals surface area contributed by atoms with Crippen LogP contribution in [0.4, 0.5) is 0 Å². The van der Waals surface area contributed by atoms with E-state index in [2.05, 4.69) is 0 Å². The minimum absolute atomic E-state index is 0.0151. The zero-order chi connectivity index (χ0) is 25.1. The highest BCUT2D eigenvalue weighted by molar-refractivity contribution is 5.99. The molecule has 1 aromatic heterocycles. The Balaban J connectivity index is 1.40. The van der Waals surface area contributed by atoms with Gasteiger partial charge in [-0.1, -0.05) is 18.2 Å². The number of amides is 1. The van der Waals surface area contributed by atoms with Crippen molar-refractivity contribution in [1.82, 2.24) is 4.90 Å². The molecule has 35 heavy (non-hydrogen) atoms. The van der Waals surface area contributed by atoms with Crippen LogP contribution in [0.15, 0.2) is 77.2 Å². The van der Waals surface area contributed by atoms with Gasteiger partial charge in [0.15, 0.2) is 0 Å². The molecule has 0 atom stereocenters. The van der Waals surface area contributed by atoms with E-state index in [-0.39, 0.29) is 29.6 Å². The highest BCUT2D eigenvalue weighted by atomic mass is 16.5. The number of amidine groups is 1. The normalized spacial score (nSPS) is 10.7. The van der Waals surface area contributed by atoms with E-state index in [1.807, 2.05) is 0 Å². The van der Waals surface area contributed by atoms with Gasteiger partial charge in [0.05, 0.1) is 12.1 Å². The predicted molar refractivity (Wildman–Crippen MR) is 128 cm³/mol. The molecular formula is C26H21N3O6. The summed E-state index contributed by atoms with van der Waals surface area (Å²) in [4.78, 5) is 37.5. The van der Waals surface area contributed by atoms with Crippen LogP contribution in [0.1, 0.15) is 42.6 Å². The molecule has 1 heterocycles. The Morgan fingerprint density at radius 1 is 0.914 bits per heavy atom. The number of nitrogens with one attached hydrogen (secondary N) is 1. The van der Waals surface area contributed by atoms with Crippen LogP contribution in [0, 0.1) is 5.41 Å². The number of ether oxygens (including phenoxy) is 1. The van der Waals surface area contributed by atoms with Gasteiger partial charge in [-0.25, -0.2) is 9.59 Å². The molecule has 9 nitrogen and oxygen atoms in total. The third-order valence-electron chi connectivity index (χ3n) is 5.31. The van der Waals surface area contributed by atoms with Crippen molar-refractivity contribution in [3.63, 3.8) is 0 Å². The van der Waals surface area contributed by atoms with Crippen molar-refractivity contribution in [2.75, 3.05) is 7.05 Å². The van der Waals surface area contributed by atoms with Gasteiger partial charge < -0.3 is 24.9 Å². The highest BCUT2D eigenvalue weighted by Crippen LogP contribution is 2.23. The number of aromatic carboxylic acids is 1. The van der Waals surface area contributed by atoms with Crippen molar-refractivity contribution < 1.29 is 28.6 Å². The van der Waals surface area contributed by atoms with Crippen LogP contribution < -0.4 is 10.5 Å². The van der Waals surface area contributed by atoms with Gasteiger partial charge in [0.2, 0.25) is 5.76 Å². The van der Waals surface area contributed by atoms with Crippen molar-refractivity contribution in [3.05, 3.63) is 101 Å². The predicted octanol–water partition coefficient (Wildman–Crippen LogP) is 3.91. The van der Waals surface area contributed by atoms with E-state index >= 15 is 0 Å². The van der Waals surface area contributed by atoms with Crippen LogP contribution in [0.25, 0.3) is 10.8 Å². The van der Waals surface area contributed by atoms with E-state index in [0.717, 1.165) is 10.8 Å². The first-order valence-electron chi connectivity index (χ1n) is 10.5. The largest absolute Gasteiger partial charge is 0.478 e. The second-order valence-corrected chi connectivity index (χ2v) is 7.84. The van der Waals surface area contributed by atoms with Crippen LogP contribution in [0.3, 0.4) is 0 Å². The summed E-state index contributed by atoms with van der Waals surface area (Å²) >= 11 is 0. The Morgan fingerprint density at radius 2 is 1.54 bits per heavy atom. The number of carbonyl (C=O) groups is 3. The van der Waals surface area contributed by atoms with E-state index in [0.29, 0.717) is 22.6 Å². The number of esters is 1. The molecule has 4 aromatic rings. The lowest BCUT2D eigenvalue weighted by molar-refractivity contribution is 0.0684. The molecule has 0 fully saturated rings. The topological polar surface area (TPSA) is 147 Å². The number of carboxylic acid groups (broad SMARTS) is 1. The molecule has 4 rings (SSSR count). The van der Waals surface area contributed by atoms with E-state index in [1.165, 1.54) is 35.2 Å². The number of nitrogens with two attached hydrogens (primary N) is 1. The lowest BCUT2D eigenvalue weighted by atomic mass is 10.1. The van der Waals surface area contributed by atoms with Gasteiger partial charge >= 0.3 is 11.9 Å². The van der Waals surface area contributed by atoms with Crippen molar-refractivity contribution in [3.8, 4) is 5.75 Å². The number of rotatable bonds is 7. The first-order chi connectivity index (χ1) is 16.7. The summed E-state index contributed by atoms with van der Waals surface area (Å²) < 4.78 is 11.0. The summed E-state index contributed by atoms with van der Waals surface area (Å²) in [6, 6.07) is 19.0. The molecule has 0 radical (unpaired) electrons. The maximum Gasteiger partial charge on any atom is 0.379 e. The maximum atomic E-state index is 12.6. The Kier molecular flexibility index (Phi) is 6.32. The summed E-state index contributed by atoms with van der Waals surface area (Å²) in [5.41, 5.74) is 6.54. The molecule has 1 amide bonds. The lowest BCUT2D eigenvalue weighted by Crippen LogP contribution is -2.26. The number of benzene rings is 3. The number of fused-ring (bicyclic) bond motifs is 1. The molecule has 4 N–H and O–H groups in total. The Hall–Kier alpha value is -4.92. The van der Waals surface area contributed by atoms with Gasteiger partial charge in [0.25, 0.3) is 5.91 Å². The van der Waals surface area contributed by atoms with E-state index in [1.54, 1.807) is 49.5 Å². The molecule has 9 heteroatoms. The van der Waals surface area contributed by atoms with Gasteiger partial charge in [-0.2, -0.15) is 0 Å². The number of hydrogen-bond donors (Lipinski definition) is 3. The fourth-order valence-corrected chi connectivity index (χ4v) is 3.47. The molecule has 3 aromatic carbocycles. The van der Waals surface area contributed by atoms with Crippen LogP contribution >= 0.6 is 0 Å². The summed E-state index contributed by atoms with van der Waals surface area (Å²) in [5, 5.41) is 18.2. The Bertz CT molecular complexity index is 1460. The summed E-state index contributed by atoms with van der Waals surface area (Å²) in [6.07, 6.45) is 0. The van der Waals surface area contributed by atoms with Gasteiger partial charge in [0, 0.05) is 18.2 Å². The molecule has 0 aliphatic rings. The summed E-state index contributed by atoms with van der Waals surface area (Å²) in [5.74, 6) is -1.42. The van der Waals surface area contributed by atoms with Crippen molar-refractivity contribution in [2.45, 2.75) is 6.54 Å². The van der Waals surface area contributed by atoms with E-state index in [4.69, 9.17) is 25.4 Å². The SMILES string of the molecule is CN(Cc1ccc(C(=O)Oc2ccc3cc(C(=N)N)ccc3c2)o1)C(=O)c1ccc(C(=O)O)cc1. The van der Waals surface area contributed by atoms with Crippen LogP contribution in [-0.4, -0.2) is 40.7 Å². The highest BCUT2D eigenvalue weighted by Gasteiger charge is 2.18. The summed E-state index contributed by atoms with van der Waals surface area (Å²) in [6.45, 7) is 0.0985.